The third kappa shape index (κ3) is 4.15. The molecule has 0 unspecified atom stereocenters. The molecule has 4 nitrogen and oxygen atoms in total. The van der Waals surface area contributed by atoms with Crippen molar-refractivity contribution < 1.29 is 27.4 Å². The molecule has 156 valence electrons. The van der Waals surface area contributed by atoms with Gasteiger partial charge in [0.1, 0.15) is 5.82 Å². The molecule has 0 aliphatic carbocycles. The zero-order valence-corrected chi connectivity index (χ0v) is 16.6. The van der Waals surface area contributed by atoms with E-state index in [1.165, 1.54) is 0 Å². The molecule has 0 bridgehead atoms. The van der Waals surface area contributed by atoms with Crippen LogP contribution in [0, 0.1) is 17.5 Å². The fourth-order valence-electron chi connectivity index (χ4n) is 3.25. The minimum Gasteiger partial charge on any atom is -0.493 e. The Bertz CT molecular complexity index is 1070. The lowest BCUT2D eigenvalue weighted by atomic mass is 9.94. The van der Waals surface area contributed by atoms with Crippen LogP contribution >= 0.6 is 0 Å². The second-order valence-electron chi connectivity index (χ2n) is 6.68. The van der Waals surface area contributed by atoms with E-state index in [0.717, 1.165) is 17.4 Å². The Hall–Kier alpha value is -3.35. The molecule has 0 aromatic heterocycles. The Balaban J connectivity index is 1.81. The highest BCUT2D eigenvalue weighted by atomic mass is 19.2. The molecule has 0 saturated heterocycles. The van der Waals surface area contributed by atoms with Crippen LogP contribution in [0.4, 0.5) is 13.2 Å². The SMILES string of the molecule is C=Cc1c(F)c(F)cc(C(=O)CC2=CN=C(c3ccc(OC)c(OC)c3)CC2)c1F. The van der Waals surface area contributed by atoms with Crippen molar-refractivity contribution in [1.29, 1.82) is 0 Å². The number of carbonyl (C=O) groups is 1. The number of Topliss-reactive ketones (excluding diaryl/α,β-unsaturated/α-hetero) is 1. The third-order valence-corrected chi connectivity index (χ3v) is 4.88. The number of ketones is 1. The number of rotatable bonds is 7. The summed E-state index contributed by atoms with van der Waals surface area (Å²) >= 11 is 0. The van der Waals surface area contributed by atoms with Crippen LogP contribution in [0.3, 0.4) is 0 Å². The summed E-state index contributed by atoms with van der Waals surface area (Å²) in [6.07, 6.45) is 3.36. The molecule has 0 radical (unpaired) electrons. The summed E-state index contributed by atoms with van der Waals surface area (Å²) in [5.74, 6) is -3.23. The van der Waals surface area contributed by atoms with Crippen LogP contribution in [-0.4, -0.2) is 25.7 Å². The highest BCUT2D eigenvalue weighted by molar-refractivity contribution is 6.03. The summed E-state index contributed by atoms with van der Waals surface area (Å²) < 4.78 is 52.2. The Morgan fingerprint density at radius 3 is 2.43 bits per heavy atom. The predicted molar refractivity (Wildman–Crippen MR) is 109 cm³/mol. The lowest BCUT2D eigenvalue weighted by molar-refractivity contribution is 0.0987. The standard InChI is InChI=1S/C23H20F3NO3/c1-4-15-22(25)16(11-17(24)23(15)26)19(28)9-13-5-7-18(27-12-13)14-6-8-20(29-2)21(10-14)30-3/h4,6,8,10-12H,1,5,7,9H2,2-3H3. The van der Waals surface area contributed by atoms with Crippen LogP contribution in [-0.2, 0) is 0 Å². The van der Waals surface area contributed by atoms with Crippen LogP contribution in [0.25, 0.3) is 6.08 Å². The number of nitrogens with zero attached hydrogens (tertiary/aromatic N) is 1. The van der Waals surface area contributed by atoms with Gasteiger partial charge in [-0.1, -0.05) is 12.7 Å². The first-order valence-electron chi connectivity index (χ1n) is 9.19. The minimum absolute atomic E-state index is 0.138. The summed E-state index contributed by atoms with van der Waals surface area (Å²) in [4.78, 5) is 16.9. The lowest BCUT2D eigenvalue weighted by Gasteiger charge is -2.15. The zero-order valence-electron chi connectivity index (χ0n) is 16.6. The number of allylic oxidation sites excluding steroid dienone is 1. The normalized spacial score (nSPS) is 13.4. The maximum atomic E-state index is 14.4. The average molecular weight is 415 g/mol. The van der Waals surface area contributed by atoms with Crippen molar-refractivity contribution in [3.05, 3.63) is 76.8 Å². The molecular weight excluding hydrogens is 395 g/mol. The Kier molecular flexibility index (Phi) is 6.40. The van der Waals surface area contributed by atoms with E-state index in [-0.39, 0.29) is 6.42 Å². The molecule has 7 heteroatoms. The Labute approximate surface area is 172 Å². The molecule has 3 rings (SSSR count). The smallest absolute Gasteiger partial charge is 0.170 e. The summed E-state index contributed by atoms with van der Waals surface area (Å²) in [6.45, 7) is 3.27. The fraction of sp³-hybridized carbons (Fsp3) is 0.217. The summed E-state index contributed by atoms with van der Waals surface area (Å²) in [7, 11) is 3.10. The van der Waals surface area contributed by atoms with E-state index in [0.29, 0.717) is 36.0 Å². The molecule has 0 spiro atoms. The van der Waals surface area contributed by atoms with Gasteiger partial charge in [-0.25, -0.2) is 13.2 Å². The average Bonchev–Trinajstić information content (AvgIpc) is 2.76. The van der Waals surface area contributed by atoms with Gasteiger partial charge < -0.3 is 9.47 Å². The van der Waals surface area contributed by atoms with E-state index in [2.05, 4.69) is 11.6 Å². The van der Waals surface area contributed by atoms with E-state index < -0.39 is 34.4 Å². The quantitative estimate of drug-likeness (QED) is 0.443. The van der Waals surface area contributed by atoms with Crippen LogP contribution in [0.2, 0.25) is 0 Å². The monoisotopic (exact) mass is 415 g/mol. The van der Waals surface area contributed by atoms with Crippen molar-refractivity contribution in [3.63, 3.8) is 0 Å². The summed E-state index contributed by atoms with van der Waals surface area (Å²) in [5, 5.41) is 0. The molecule has 1 heterocycles. The second kappa shape index (κ2) is 8.98. The number of halogens is 3. The topological polar surface area (TPSA) is 47.9 Å². The van der Waals surface area contributed by atoms with Crippen LogP contribution < -0.4 is 9.47 Å². The summed E-state index contributed by atoms with van der Waals surface area (Å²) in [6, 6.07) is 6.04. The van der Waals surface area contributed by atoms with Gasteiger partial charge in [-0.15, -0.1) is 0 Å². The minimum atomic E-state index is -1.36. The van der Waals surface area contributed by atoms with Crippen molar-refractivity contribution in [2.45, 2.75) is 19.3 Å². The van der Waals surface area contributed by atoms with E-state index in [1.807, 2.05) is 12.1 Å². The van der Waals surface area contributed by atoms with Crippen molar-refractivity contribution in [3.8, 4) is 11.5 Å². The van der Waals surface area contributed by atoms with Crippen molar-refractivity contribution in [2.24, 2.45) is 4.99 Å². The molecule has 0 amide bonds. The number of carbonyl (C=O) groups excluding carboxylic acids is 1. The van der Waals surface area contributed by atoms with E-state index >= 15 is 0 Å². The number of aliphatic imine (C=N–C) groups is 1. The fourth-order valence-corrected chi connectivity index (χ4v) is 3.25. The highest BCUT2D eigenvalue weighted by Gasteiger charge is 2.22. The van der Waals surface area contributed by atoms with E-state index in [4.69, 9.17) is 9.47 Å². The molecule has 0 fully saturated rings. The molecule has 0 N–H and O–H groups in total. The first-order valence-corrected chi connectivity index (χ1v) is 9.19. The second-order valence-corrected chi connectivity index (χ2v) is 6.68. The maximum Gasteiger partial charge on any atom is 0.170 e. The first kappa shape index (κ1) is 21.4. The highest BCUT2D eigenvalue weighted by Crippen LogP contribution is 2.30. The third-order valence-electron chi connectivity index (χ3n) is 4.88. The molecule has 1 aliphatic rings. The molecule has 1 aliphatic heterocycles. The van der Waals surface area contributed by atoms with Gasteiger partial charge in [0, 0.05) is 23.9 Å². The molecule has 2 aromatic carbocycles. The molecule has 0 saturated carbocycles. The van der Waals surface area contributed by atoms with Crippen molar-refractivity contribution in [2.75, 3.05) is 14.2 Å². The Morgan fingerprint density at radius 2 is 1.83 bits per heavy atom. The number of benzene rings is 2. The zero-order chi connectivity index (χ0) is 21.8. The largest absolute Gasteiger partial charge is 0.493 e. The Morgan fingerprint density at radius 1 is 1.10 bits per heavy atom. The summed E-state index contributed by atoms with van der Waals surface area (Å²) in [5.41, 5.74) is 1.19. The predicted octanol–water partition coefficient (Wildman–Crippen LogP) is 5.50. The first-order chi connectivity index (χ1) is 14.4. The molecule has 30 heavy (non-hydrogen) atoms. The van der Waals surface area contributed by atoms with E-state index in [1.54, 1.807) is 26.5 Å². The molecule has 0 atom stereocenters. The molecular formula is C23H20F3NO3. The number of hydrogen-bond acceptors (Lipinski definition) is 4. The van der Waals surface area contributed by atoms with Gasteiger partial charge in [-0.2, -0.15) is 0 Å². The van der Waals surface area contributed by atoms with Gasteiger partial charge >= 0.3 is 0 Å². The lowest BCUT2D eigenvalue weighted by Crippen LogP contribution is -2.11. The van der Waals surface area contributed by atoms with Gasteiger partial charge in [0.15, 0.2) is 28.9 Å². The van der Waals surface area contributed by atoms with Gasteiger partial charge in [-0.05, 0) is 48.2 Å². The van der Waals surface area contributed by atoms with Gasteiger partial charge in [0.25, 0.3) is 0 Å². The van der Waals surface area contributed by atoms with Gasteiger partial charge in [-0.3, -0.25) is 9.79 Å². The van der Waals surface area contributed by atoms with Gasteiger partial charge in [0.05, 0.1) is 19.8 Å². The van der Waals surface area contributed by atoms with E-state index in [9.17, 15) is 18.0 Å². The van der Waals surface area contributed by atoms with Crippen LogP contribution in [0.15, 0.2) is 47.6 Å². The van der Waals surface area contributed by atoms with Gasteiger partial charge in [0.2, 0.25) is 0 Å². The van der Waals surface area contributed by atoms with Crippen molar-refractivity contribution in [1.82, 2.24) is 0 Å². The van der Waals surface area contributed by atoms with Crippen LogP contribution in [0.5, 0.6) is 11.5 Å². The number of hydrogen-bond donors (Lipinski definition) is 0. The maximum absolute atomic E-state index is 14.4. The number of methoxy groups -OCH3 is 2. The molecule has 2 aromatic rings. The van der Waals surface area contributed by atoms with Crippen LogP contribution in [0.1, 0.15) is 40.7 Å². The van der Waals surface area contributed by atoms with Crippen molar-refractivity contribution >= 4 is 17.6 Å². The number of ether oxygens (including phenoxy) is 2.